The summed E-state index contributed by atoms with van der Waals surface area (Å²) >= 11 is 0. The van der Waals surface area contributed by atoms with Crippen molar-refractivity contribution in [3.8, 4) is 0 Å². The molecule has 1 amide bonds. The molecule has 4 nitrogen and oxygen atoms in total. The number of nitrogens with one attached hydrogen (secondary N) is 1. The van der Waals surface area contributed by atoms with Crippen molar-refractivity contribution in [2.75, 3.05) is 13.2 Å². The molecule has 17 heavy (non-hydrogen) atoms. The lowest BCUT2D eigenvalue weighted by atomic mass is 9.85. The van der Waals surface area contributed by atoms with Crippen LogP contribution >= 0.6 is 0 Å². The third kappa shape index (κ3) is 2.99. The van der Waals surface area contributed by atoms with E-state index in [4.69, 9.17) is 10.5 Å². The van der Waals surface area contributed by atoms with Crippen molar-refractivity contribution in [3.05, 3.63) is 0 Å². The molecule has 0 aromatic carbocycles. The van der Waals surface area contributed by atoms with Gasteiger partial charge in [0.2, 0.25) is 5.91 Å². The van der Waals surface area contributed by atoms with E-state index < -0.39 is 0 Å². The first-order valence-electron chi connectivity index (χ1n) is 6.72. The Morgan fingerprint density at radius 1 is 1.53 bits per heavy atom. The number of fused-ring (bicyclic) bond motifs is 1. The van der Waals surface area contributed by atoms with Gasteiger partial charge in [0.05, 0.1) is 6.10 Å². The average Bonchev–Trinajstić information content (AvgIpc) is 2.51. The lowest BCUT2D eigenvalue weighted by Crippen LogP contribution is -2.44. The predicted octanol–water partition coefficient (Wildman–Crippen LogP) is 0.901. The first-order valence-corrected chi connectivity index (χ1v) is 6.72. The van der Waals surface area contributed by atoms with Crippen LogP contribution in [-0.4, -0.2) is 31.2 Å². The van der Waals surface area contributed by atoms with Crippen molar-refractivity contribution >= 4 is 5.91 Å². The molecule has 2 saturated heterocycles. The Kier molecular flexibility index (Phi) is 4.05. The summed E-state index contributed by atoms with van der Waals surface area (Å²) < 4.78 is 5.85. The van der Waals surface area contributed by atoms with Gasteiger partial charge in [0.15, 0.2) is 0 Å². The van der Waals surface area contributed by atoms with Gasteiger partial charge in [-0.25, -0.2) is 0 Å². The molecule has 2 heterocycles. The summed E-state index contributed by atoms with van der Waals surface area (Å²) in [5.41, 5.74) is 5.39. The zero-order valence-electron chi connectivity index (χ0n) is 10.8. The summed E-state index contributed by atoms with van der Waals surface area (Å²) in [6.07, 6.45) is 3.55. The van der Waals surface area contributed by atoms with Crippen LogP contribution in [0.2, 0.25) is 0 Å². The maximum atomic E-state index is 11.3. The Labute approximate surface area is 103 Å². The lowest BCUT2D eigenvalue weighted by molar-refractivity contribution is -0.123. The van der Waals surface area contributed by atoms with Gasteiger partial charge < -0.3 is 15.8 Å². The van der Waals surface area contributed by atoms with Crippen LogP contribution in [0.5, 0.6) is 0 Å². The van der Waals surface area contributed by atoms with Gasteiger partial charge >= 0.3 is 0 Å². The second-order valence-electron chi connectivity index (χ2n) is 5.90. The van der Waals surface area contributed by atoms with Crippen molar-refractivity contribution in [1.29, 1.82) is 0 Å². The average molecular weight is 240 g/mol. The van der Waals surface area contributed by atoms with E-state index in [-0.39, 0.29) is 18.1 Å². The zero-order chi connectivity index (χ0) is 12.4. The van der Waals surface area contributed by atoms with E-state index in [0.717, 1.165) is 31.4 Å². The third-order valence-corrected chi connectivity index (χ3v) is 3.98. The minimum Gasteiger partial charge on any atom is -0.376 e. The second kappa shape index (κ2) is 5.36. The van der Waals surface area contributed by atoms with E-state index in [1.807, 2.05) is 0 Å². The molecule has 2 aliphatic heterocycles. The molecule has 0 aromatic rings. The number of rotatable bonds is 3. The summed E-state index contributed by atoms with van der Waals surface area (Å²) in [4.78, 5) is 11.3. The molecule has 4 atom stereocenters. The van der Waals surface area contributed by atoms with E-state index in [9.17, 15) is 4.79 Å². The van der Waals surface area contributed by atoms with E-state index in [0.29, 0.717) is 5.92 Å². The van der Waals surface area contributed by atoms with Crippen LogP contribution in [0.4, 0.5) is 0 Å². The molecule has 0 spiro atoms. The monoisotopic (exact) mass is 240 g/mol. The number of primary amides is 1. The van der Waals surface area contributed by atoms with Gasteiger partial charge in [-0.3, -0.25) is 4.79 Å². The van der Waals surface area contributed by atoms with Gasteiger partial charge in [0, 0.05) is 13.2 Å². The van der Waals surface area contributed by atoms with Crippen molar-refractivity contribution in [2.45, 2.75) is 45.3 Å². The molecule has 2 fully saturated rings. The van der Waals surface area contributed by atoms with Gasteiger partial charge in [-0.15, -0.1) is 0 Å². The van der Waals surface area contributed by atoms with Crippen LogP contribution < -0.4 is 11.1 Å². The minimum atomic E-state index is -0.280. The van der Waals surface area contributed by atoms with Gasteiger partial charge in [-0.1, -0.05) is 13.8 Å². The molecular weight excluding hydrogens is 216 g/mol. The van der Waals surface area contributed by atoms with E-state index >= 15 is 0 Å². The molecular formula is C13H24N2O2. The van der Waals surface area contributed by atoms with Crippen molar-refractivity contribution in [1.82, 2.24) is 5.32 Å². The third-order valence-electron chi connectivity index (χ3n) is 3.98. The first kappa shape index (κ1) is 12.8. The van der Waals surface area contributed by atoms with Crippen LogP contribution in [0.3, 0.4) is 0 Å². The molecule has 2 rings (SSSR count). The van der Waals surface area contributed by atoms with E-state index in [2.05, 4.69) is 19.2 Å². The quantitative estimate of drug-likeness (QED) is 0.770. The Morgan fingerprint density at radius 2 is 2.29 bits per heavy atom. The van der Waals surface area contributed by atoms with E-state index in [1.54, 1.807) is 0 Å². The summed E-state index contributed by atoms with van der Waals surface area (Å²) in [5.74, 6) is 1.65. The van der Waals surface area contributed by atoms with Crippen LogP contribution in [0.1, 0.15) is 33.1 Å². The topological polar surface area (TPSA) is 64.3 Å². The summed E-state index contributed by atoms with van der Waals surface area (Å²) in [6, 6.07) is -0.280. The normalized spacial score (nSPS) is 37.8. The zero-order valence-corrected chi connectivity index (χ0v) is 10.8. The number of ether oxygens (including phenoxy) is 1. The van der Waals surface area contributed by atoms with E-state index in [1.165, 1.54) is 12.8 Å². The standard InChI is InChI=1S/C13H24N2O2/c1-8(2)5-9-3-4-17-12-10(6-9)7-15-11(12)13(14)16/h8-12,15H,3-7H2,1-2H3,(H2,14,16)/t9-,10-,11-,12+/m0/s1. The molecule has 98 valence electrons. The molecule has 4 heteroatoms. The highest BCUT2D eigenvalue weighted by molar-refractivity contribution is 5.81. The predicted molar refractivity (Wildman–Crippen MR) is 66.4 cm³/mol. The Balaban J connectivity index is 1.97. The van der Waals surface area contributed by atoms with Crippen molar-refractivity contribution in [2.24, 2.45) is 23.5 Å². The van der Waals surface area contributed by atoms with Crippen LogP contribution in [0, 0.1) is 17.8 Å². The highest BCUT2D eigenvalue weighted by Gasteiger charge is 2.42. The number of hydrogen-bond donors (Lipinski definition) is 2. The Bertz CT molecular complexity index is 281. The van der Waals surface area contributed by atoms with Crippen LogP contribution in [-0.2, 0) is 9.53 Å². The lowest BCUT2D eigenvalue weighted by Gasteiger charge is -2.21. The van der Waals surface area contributed by atoms with Gasteiger partial charge in [-0.05, 0) is 37.0 Å². The molecule has 0 unspecified atom stereocenters. The van der Waals surface area contributed by atoms with Gasteiger partial charge in [-0.2, -0.15) is 0 Å². The minimum absolute atomic E-state index is 0.00432. The molecule has 0 saturated carbocycles. The number of hydrogen-bond acceptors (Lipinski definition) is 3. The molecule has 3 N–H and O–H groups in total. The SMILES string of the molecule is CC(C)C[C@@H]1CCO[C@@H]2[C@H](CN[C@@H]2C(N)=O)C1. The van der Waals surface area contributed by atoms with Crippen molar-refractivity contribution in [3.63, 3.8) is 0 Å². The fourth-order valence-electron chi connectivity index (χ4n) is 3.29. The van der Waals surface area contributed by atoms with Gasteiger partial charge in [0.25, 0.3) is 0 Å². The second-order valence-corrected chi connectivity index (χ2v) is 5.90. The number of carbonyl (C=O) groups is 1. The largest absolute Gasteiger partial charge is 0.376 e. The summed E-state index contributed by atoms with van der Waals surface area (Å²) in [6.45, 7) is 6.17. The number of amides is 1. The fraction of sp³-hybridized carbons (Fsp3) is 0.923. The Hall–Kier alpha value is -0.610. The number of nitrogens with two attached hydrogens (primary N) is 1. The molecule has 0 radical (unpaired) electrons. The first-order chi connectivity index (χ1) is 8.08. The van der Waals surface area contributed by atoms with Gasteiger partial charge in [0.1, 0.15) is 6.04 Å². The highest BCUT2D eigenvalue weighted by Crippen LogP contribution is 2.33. The molecule has 0 aliphatic carbocycles. The molecule has 2 aliphatic rings. The van der Waals surface area contributed by atoms with Crippen LogP contribution in [0.25, 0.3) is 0 Å². The fourth-order valence-corrected chi connectivity index (χ4v) is 3.29. The molecule has 0 bridgehead atoms. The number of carbonyl (C=O) groups excluding carboxylic acids is 1. The summed E-state index contributed by atoms with van der Waals surface area (Å²) in [7, 11) is 0. The maximum absolute atomic E-state index is 11.3. The van der Waals surface area contributed by atoms with Crippen LogP contribution in [0.15, 0.2) is 0 Å². The molecule has 0 aromatic heterocycles. The Morgan fingerprint density at radius 3 is 2.94 bits per heavy atom. The highest BCUT2D eigenvalue weighted by atomic mass is 16.5. The van der Waals surface area contributed by atoms with Crippen molar-refractivity contribution < 1.29 is 9.53 Å². The summed E-state index contributed by atoms with van der Waals surface area (Å²) in [5, 5.41) is 3.20. The smallest absolute Gasteiger partial charge is 0.237 e. The maximum Gasteiger partial charge on any atom is 0.237 e.